The molecule has 0 atom stereocenters. The first-order valence-electron chi connectivity index (χ1n) is 7.68. The van der Waals surface area contributed by atoms with Crippen LogP contribution in [0.5, 0.6) is 0 Å². The third kappa shape index (κ3) is 4.43. The molecule has 0 saturated carbocycles. The van der Waals surface area contributed by atoms with E-state index in [-0.39, 0.29) is 5.75 Å². The van der Waals surface area contributed by atoms with Crippen LogP contribution >= 0.6 is 0 Å². The molecule has 0 amide bonds. The number of nitrogens with zero attached hydrogens (tertiary/aromatic N) is 1. The lowest BCUT2D eigenvalue weighted by Gasteiger charge is -2.08. The van der Waals surface area contributed by atoms with Crippen molar-refractivity contribution in [2.45, 2.75) is 6.42 Å². The second-order valence-electron chi connectivity index (χ2n) is 5.45. The minimum absolute atomic E-state index is 0.0391. The second-order valence-corrected chi connectivity index (χ2v) is 7.30. The highest BCUT2D eigenvalue weighted by Crippen LogP contribution is 2.18. The van der Waals surface area contributed by atoms with Crippen LogP contribution in [0.15, 0.2) is 79.0 Å². The van der Waals surface area contributed by atoms with Crippen LogP contribution in [-0.4, -0.2) is 19.2 Å². The summed E-state index contributed by atoms with van der Waals surface area (Å²) in [6.07, 6.45) is 2.02. The number of hydrogen-bond donors (Lipinski definition) is 1. The van der Waals surface area contributed by atoms with E-state index in [0.717, 1.165) is 16.8 Å². The van der Waals surface area contributed by atoms with E-state index >= 15 is 0 Å². The molecule has 0 aliphatic heterocycles. The molecule has 0 radical (unpaired) electrons. The molecule has 5 heteroatoms. The van der Waals surface area contributed by atoms with Crippen molar-refractivity contribution in [2.75, 3.05) is 10.5 Å². The van der Waals surface area contributed by atoms with Gasteiger partial charge in [0.2, 0.25) is 10.0 Å². The van der Waals surface area contributed by atoms with Gasteiger partial charge in [-0.05, 0) is 24.1 Å². The Hall–Kier alpha value is -2.66. The zero-order chi connectivity index (χ0) is 16.8. The van der Waals surface area contributed by atoms with Crippen molar-refractivity contribution in [3.8, 4) is 11.3 Å². The number of aryl methyl sites for hydroxylation is 1. The van der Waals surface area contributed by atoms with E-state index in [9.17, 15) is 8.42 Å². The molecule has 3 aromatic rings. The molecule has 1 heterocycles. The molecule has 0 unspecified atom stereocenters. The molecule has 24 heavy (non-hydrogen) atoms. The number of anilines is 1. The Balaban J connectivity index is 1.64. The normalized spacial score (nSPS) is 11.2. The van der Waals surface area contributed by atoms with Crippen molar-refractivity contribution in [3.05, 3.63) is 84.6 Å². The summed E-state index contributed by atoms with van der Waals surface area (Å²) in [4.78, 5) is 4.32. The number of pyridine rings is 1. The van der Waals surface area contributed by atoms with Gasteiger partial charge in [0.1, 0.15) is 0 Å². The second kappa shape index (κ2) is 7.27. The van der Waals surface area contributed by atoms with Gasteiger partial charge in [-0.15, -0.1) is 0 Å². The van der Waals surface area contributed by atoms with Crippen molar-refractivity contribution in [1.29, 1.82) is 0 Å². The lowest BCUT2D eigenvalue weighted by Crippen LogP contribution is -2.18. The minimum Gasteiger partial charge on any atom is -0.282 e. The molecule has 4 nitrogen and oxygen atoms in total. The number of benzene rings is 2. The van der Waals surface area contributed by atoms with Crippen LogP contribution in [0.2, 0.25) is 0 Å². The zero-order valence-corrected chi connectivity index (χ0v) is 13.9. The van der Waals surface area contributed by atoms with Crippen molar-refractivity contribution in [2.24, 2.45) is 0 Å². The first kappa shape index (κ1) is 16.2. The molecule has 0 aliphatic rings. The van der Waals surface area contributed by atoms with Gasteiger partial charge in [0.05, 0.1) is 23.3 Å². The molecule has 0 aliphatic carbocycles. The Labute approximate surface area is 142 Å². The van der Waals surface area contributed by atoms with Crippen LogP contribution < -0.4 is 4.72 Å². The quantitative estimate of drug-likeness (QED) is 0.745. The Bertz CT molecular complexity index is 878. The Morgan fingerprint density at radius 2 is 1.50 bits per heavy atom. The predicted octanol–water partition coefficient (Wildman–Crippen LogP) is 3.73. The van der Waals surface area contributed by atoms with Crippen LogP contribution in [0.1, 0.15) is 5.56 Å². The summed E-state index contributed by atoms with van der Waals surface area (Å²) in [7, 11) is -3.40. The highest BCUT2D eigenvalue weighted by molar-refractivity contribution is 7.92. The van der Waals surface area contributed by atoms with Gasteiger partial charge in [-0.25, -0.2) is 8.42 Å². The molecule has 1 N–H and O–H groups in total. The first-order chi connectivity index (χ1) is 11.6. The lowest BCUT2D eigenvalue weighted by atomic mass is 10.1. The summed E-state index contributed by atoms with van der Waals surface area (Å²) >= 11 is 0. The maximum atomic E-state index is 12.2. The van der Waals surface area contributed by atoms with Gasteiger partial charge in [0.15, 0.2) is 0 Å². The maximum absolute atomic E-state index is 12.2. The molecule has 0 bridgehead atoms. The fourth-order valence-electron chi connectivity index (χ4n) is 2.36. The van der Waals surface area contributed by atoms with E-state index in [1.807, 2.05) is 66.7 Å². The lowest BCUT2D eigenvalue weighted by molar-refractivity contribution is 0.600. The molecular formula is C19H18N2O2S. The van der Waals surface area contributed by atoms with E-state index in [4.69, 9.17) is 0 Å². The first-order valence-corrected chi connectivity index (χ1v) is 9.33. The van der Waals surface area contributed by atoms with Gasteiger partial charge >= 0.3 is 0 Å². The monoisotopic (exact) mass is 338 g/mol. The van der Waals surface area contributed by atoms with Crippen LogP contribution in [0.4, 0.5) is 5.69 Å². The Morgan fingerprint density at radius 1 is 0.833 bits per heavy atom. The van der Waals surface area contributed by atoms with E-state index < -0.39 is 10.0 Å². The van der Waals surface area contributed by atoms with Gasteiger partial charge in [-0.3, -0.25) is 9.71 Å². The summed E-state index contributed by atoms with van der Waals surface area (Å²) in [6.45, 7) is 0. The van der Waals surface area contributed by atoms with Crippen molar-refractivity contribution < 1.29 is 8.42 Å². The maximum Gasteiger partial charge on any atom is 0.233 e. The average Bonchev–Trinajstić information content (AvgIpc) is 2.62. The topological polar surface area (TPSA) is 59.1 Å². The van der Waals surface area contributed by atoms with E-state index in [1.54, 1.807) is 12.3 Å². The van der Waals surface area contributed by atoms with Crippen LogP contribution in [0, 0.1) is 0 Å². The molecule has 1 aromatic heterocycles. The van der Waals surface area contributed by atoms with E-state index in [2.05, 4.69) is 9.71 Å². The highest BCUT2D eigenvalue weighted by Gasteiger charge is 2.11. The zero-order valence-electron chi connectivity index (χ0n) is 13.1. The standard InChI is InChI=1S/C19H18N2O2S/c22-24(23,14-13-16-7-3-1-4-8-16)21-18-11-12-19(20-15-18)17-9-5-2-6-10-17/h1-12,15,21H,13-14H2. The minimum atomic E-state index is -3.40. The van der Waals surface area contributed by atoms with Crippen LogP contribution in [0.25, 0.3) is 11.3 Å². The van der Waals surface area contributed by atoms with Gasteiger partial charge in [0.25, 0.3) is 0 Å². The molecule has 3 rings (SSSR count). The number of nitrogens with one attached hydrogen (secondary N) is 1. The highest BCUT2D eigenvalue weighted by atomic mass is 32.2. The van der Waals surface area contributed by atoms with Crippen LogP contribution in [0.3, 0.4) is 0 Å². The smallest absolute Gasteiger partial charge is 0.233 e. The average molecular weight is 338 g/mol. The van der Waals surface area contributed by atoms with Gasteiger partial charge < -0.3 is 0 Å². The van der Waals surface area contributed by atoms with E-state index in [1.165, 1.54) is 0 Å². The number of rotatable bonds is 6. The largest absolute Gasteiger partial charge is 0.282 e. The Kier molecular flexibility index (Phi) is 4.91. The number of aromatic nitrogens is 1. The molecule has 122 valence electrons. The third-order valence-corrected chi connectivity index (χ3v) is 4.90. The van der Waals surface area contributed by atoms with Crippen molar-refractivity contribution in [3.63, 3.8) is 0 Å². The summed E-state index contributed by atoms with van der Waals surface area (Å²) in [5, 5.41) is 0. The van der Waals surface area contributed by atoms with Gasteiger partial charge in [-0.1, -0.05) is 60.7 Å². The van der Waals surface area contributed by atoms with Crippen molar-refractivity contribution in [1.82, 2.24) is 4.98 Å². The van der Waals surface area contributed by atoms with Gasteiger partial charge in [0, 0.05) is 5.56 Å². The predicted molar refractivity (Wildman–Crippen MR) is 97.2 cm³/mol. The fraction of sp³-hybridized carbons (Fsp3) is 0.105. The molecule has 0 saturated heterocycles. The third-order valence-electron chi connectivity index (χ3n) is 3.61. The fourth-order valence-corrected chi connectivity index (χ4v) is 3.45. The number of sulfonamides is 1. The summed E-state index contributed by atoms with van der Waals surface area (Å²) in [5.74, 6) is 0.0391. The Morgan fingerprint density at radius 3 is 2.12 bits per heavy atom. The van der Waals surface area contributed by atoms with E-state index in [0.29, 0.717) is 12.1 Å². The van der Waals surface area contributed by atoms with Crippen molar-refractivity contribution >= 4 is 15.7 Å². The molecule has 0 fully saturated rings. The van der Waals surface area contributed by atoms with Crippen LogP contribution in [-0.2, 0) is 16.4 Å². The number of hydrogen-bond acceptors (Lipinski definition) is 3. The molecular weight excluding hydrogens is 320 g/mol. The van der Waals surface area contributed by atoms with Gasteiger partial charge in [-0.2, -0.15) is 0 Å². The molecule has 2 aromatic carbocycles. The summed E-state index contributed by atoms with van der Waals surface area (Å²) in [5.41, 5.74) is 3.28. The molecule has 0 spiro atoms. The SMILES string of the molecule is O=S(=O)(CCc1ccccc1)Nc1ccc(-c2ccccc2)nc1. The summed E-state index contributed by atoms with van der Waals surface area (Å²) in [6, 6.07) is 22.9. The summed E-state index contributed by atoms with van der Waals surface area (Å²) < 4.78 is 27.0.